The van der Waals surface area contributed by atoms with Gasteiger partial charge in [-0.2, -0.15) is 0 Å². The molecule has 1 fully saturated rings. The summed E-state index contributed by atoms with van der Waals surface area (Å²) < 4.78 is 37.8. The van der Waals surface area contributed by atoms with Gasteiger partial charge in [0.1, 0.15) is 11.4 Å². The summed E-state index contributed by atoms with van der Waals surface area (Å²) in [6.07, 6.45) is 1.79. The van der Waals surface area contributed by atoms with Crippen LogP contribution in [0.15, 0.2) is 40.9 Å². The maximum Gasteiger partial charge on any atom is 0.219 e. The van der Waals surface area contributed by atoms with Gasteiger partial charge >= 0.3 is 0 Å². The Bertz CT molecular complexity index is 736. The molecule has 1 saturated heterocycles. The van der Waals surface area contributed by atoms with E-state index in [4.69, 9.17) is 9.26 Å². The van der Waals surface area contributed by atoms with Gasteiger partial charge in [0, 0.05) is 24.3 Å². The molecule has 23 heavy (non-hydrogen) atoms. The van der Waals surface area contributed by atoms with Crippen LogP contribution in [0.3, 0.4) is 0 Å². The molecule has 1 N–H and O–H groups in total. The highest BCUT2D eigenvalue weighted by molar-refractivity contribution is 7.88. The Morgan fingerprint density at radius 2 is 2.13 bits per heavy atom. The zero-order chi connectivity index (χ0) is 16.3. The summed E-state index contributed by atoms with van der Waals surface area (Å²) >= 11 is 0. The average Bonchev–Trinajstić information content (AvgIpc) is 3.18. The molecular weight excluding hydrogens is 316 g/mol. The summed E-state index contributed by atoms with van der Waals surface area (Å²) in [5.41, 5.74) is 1.52. The monoisotopic (exact) mass is 336 g/mol. The molecule has 1 aliphatic heterocycles. The number of rotatable bonds is 6. The van der Waals surface area contributed by atoms with Crippen molar-refractivity contribution in [3.63, 3.8) is 0 Å². The van der Waals surface area contributed by atoms with Crippen molar-refractivity contribution >= 4 is 10.0 Å². The normalized spacial score (nSPS) is 19.8. The molecule has 2 atom stereocenters. The van der Waals surface area contributed by atoms with E-state index in [2.05, 4.69) is 9.88 Å². The Labute approximate surface area is 135 Å². The first-order valence-corrected chi connectivity index (χ1v) is 9.31. The van der Waals surface area contributed by atoms with Crippen molar-refractivity contribution in [2.24, 2.45) is 0 Å². The summed E-state index contributed by atoms with van der Waals surface area (Å²) in [5.74, 6) is 0.0834. The Morgan fingerprint density at radius 1 is 1.35 bits per heavy atom. The predicted molar refractivity (Wildman–Crippen MR) is 86.1 cm³/mol. The van der Waals surface area contributed by atoms with Crippen molar-refractivity contribution < 1.29 is 17.7 Å². The molecule has 0 saturated carbocycles. The molecule has 6 nitrogen and oxygen atoms in total. The van der Waals surface area contributed by atoms with Gasteiger partial charge in [-0.05, 0) is 19.8 Å². The Balaban J connectivity index is 1.65. The fourth-order valence-electron chi connectivity index (χ4n) is 2.71. The van der Waals surface area contributed by atoms with Crippen LogP contribution in [-0.4, -0.2) is 32.3 Å². The van der Waals surface area contributed by atoms with Gasteiger partial charge in [-0.3, -0.25) is 0 Å². The molecule has 0 radical (unpaired) electrons. The van der Waals surface area contributed by atoms with Crippen molar-refractivity contribution in [2.45, 2.75) is 37.7 Å². The summed E-state index contributed by atoms with van der Waals surface area (Å²) in [7, 11) is -3.50. The molecule has 0 bridgehead atoms. The predicted octanol–water partition coefficient (Wildman–Crippen LogP) is 2.33. The standard InChI is InChI=1S/C16H20N2O4S/c1-12(16-8-5-9-21-16)18-23(19,20)11-14-10-15(17-22-14)13-6-3-2-4-7-13/h2-4,6-7,10,12,16,18H,5,8-9,11H2,1H3/t12-,16-/m1/s1. The SMILES string of the molecule is C[C@@H](NS(=O)(=O)Cc1cc(-c2ccccc2)no1)[C@H]1CCCO1. The van der Waals surface area contributed by atoms with Crippen LogP contribution < -0.4 is 4.72 Å². The van der Waals surface area contributed by atoms with Gasteiger partial charge in [0.05, 0.1) is 6.10 Å². The van der Waals surface area contributed by atoms with E-state index < -0.39 is 10.0 Å². The van der Waals surface area contributed by atoms with Gasteiger partial charge in [0.2, 0.25) is 10.0 Å². The lowest BCUT2D eigenvalue weighted by Gasteiger charge is -2.19. The molecule has 7 heteroatoms. The van der Waals surface area contributed by atoms with E-state index in [1.165, 1.54) is 0 Å². The fraction of sp³-hybridized carbons (Fsp3) is 0.438. The van der Waals surface area contributed by atoms with E-state index in [-0.39, 0.29) is 17.9 Å². The molecule has 0 spiro atoms. The second-order valence-corrected chi connectivity index (χ2v) is 7.52. The van der Waals surface area contributed by atoms with Crippen molar-refractivity contribution in [3.05, 3.63) is 42.2 Å². The average molecular weight is 336 g/mol. The summed E-state index contributed by atoms with van der Waals surface area (Å²) in [6, 6.07) is 10.9. The number of nitrogens with one attached hydrogen (secondary N) is 1. The third-order valence-electron chi connectivity index (χ3n) is 3.85. The molecule has 0 amide bonds. The van der Waals surface area contributed by atoms with Crippen LogP contribution >= 0.6 is 0 Å². The van der Waals surface area contributed by atoms with Gasteiger partial charge in [-0.15, -0.1) is 0 Å². The van der Waals surface area contributed by atoms with E-state index in [0.717, 1.165) is 18.4 Å². The molecule has 2 heterocycles. The first kappa shape index (κ1) is 16.2. The van der Waals surface area contributed by atoms with Gasteiger partial charge in [-0.1, -0.05) is 35.5 Å². The van der Waals surface area contributed by atoms with E-state index >= 15 is 0 Å². The van der Waals surface area contributed by atoms with Crippen LogP contribution in [0.4, 0.5) is 0 Å². The maximum absolute atomic E-state index is 12.3. The third kappa shape index (κ3) is 4.19. The number of benzene rings is 1. The minimum atomic E-state index is -3.50. The maximum atomic E-state index is 12.3. The van der Waals surface area contributed by atoms with Crippen LogP contribution in [-0.2, 0) is 20.5 Å². The number of aromatic nitrogens is 1. The van der Waals surface area contributed by atoms with Crippen molar-refractivity contribution in [1.29, 1.82) is 0 Å². The lowest BCUT2D eigenvalue weighted by atomic mass is 10.1. The van der Waals surface area contributed by atoms with Crippen LogP contribution in [0.5, 0.6) is 0 Å². The number of hydrogen-bond acceptors (Lipinski definition) is 5. The molecule has 2 aromatic rings. The number of sulfonamides is 1. The van der Waals surface area contributed by atoms with Crippen molar-refractivity contribution in [2.75, 3.05) is 6.61 Å². The molecule has 3 rings (SSSR count). The number of ether oxygens (including phenoxy) is 1. The fourth-order valence-corrected chi connectivity index (χ4v) is 4.02. The van der Waals surface area contributed by atoms with E-state index in [1.54, 1.807) is 6.07 Å². The highest BCUT2D eigenvalue weighted by Crippen LogP contribution is 2.20. The first-order chi connectivity index (χ1) is 11.0. The largest absolute Gasteiger partial charge is 0.377 e. The first-order valence-electron chi connectivity index (χ1n) is 7.66. The number of nitrogens with zero attached hydrogens (tertiary/aromatic N) is 1. The van der Waals surface area contributed by atoms with Gasteiger partial charge < -0.3 is 9.26 Å². The van der Waals surface area contributed by atoms with Gasteiger partial charge in [-0.25, -0.2) is 13.1 Å². The quantitative estimate of drug-likeness (QED) is 0.875. The Kier molecular flexibility index (Phi) is 4.79. The molecule has 0 unspecified atom stereocenters. The smallest absolute Gasteiger partial charge is 0.219 e. The lowest BCUT2D eigenvalue weighted by Crippen LogP contribution is -2.41. The zero-order valence-electron chi connectivity index (χ0n) is 12.9. The number of hydrogen-bond donors (Lipinski definition) is 1. The lowest BCUT2D eigenvalue weighted by molar-refractivity contribution is 0.0902. The van der Waals surface area contributed by atoms with Gasteiger partial charge in [0.15, 0.2) is 5.76 Å². The molecule has 1 aromatic carbocycles. The minimum Gasteiger partial charge on any atom is -0.377 e. The van der Waals surface area contributed by atoms with Gasteiger partial charge in [0.25, 0.3) is 0 Å². The second kappa shape index (κ2) is 6.82. The highest BCUT2D eigenvalue weighted by Gasteiger charge is 2.27. The van der Waals surface area contributed by atoms with Crippen LogP contribution in [0.25, 0.3) is 11.3 Å². The van der Waals surface area contributed by atoms with Crippen LogP contribution in [0, 0.1) is 0 Å². The Hall–Kier alpha value is -1.70. The molecular formula is C16H20N2O4S. The summed E-state index contributed by atoms with van der Waals surface area (Å²) in [5, 5.41) is 3.94. The Morgan fingerprint density at radius 3 is 2.83 bits per heavy atom. The van der Waals surface area contributed by atoms with E-state index in [1.807, 2.05) is 37.3 Å². The molecule has 1 aromatic heterocycles. The molecule has 0 aliphatic carbocycles. The summed E-state index contributed by atoms with van der Waals surface area (Å²) in [6.45, 7) is 2.52. The topological polar surface area (TPSA) is 81.4 Å². The zero-order valence-corrected chi connectivity index (χ0v) is 13.8. The summed E-state index contributed by atoms with van der Waals surface area (Å²) in [4.78, 5) is 0. The highest BCUT2D eigenvalue weighted by atomic mass is 32.2. The second-order valence-electron chi connectivity index (χ2n) is 5.76. The van der Waals surface area contributed by atoms with Crippen LogP contribution in [0.1, 0.15) is 25.5 Å². The van der Waals surface area contributed by atoms with Crippen LogP contribution in [0.2, 0.25) is 0 Å². The molecule has 124 valence electrons. The molecule has 1 aliphatic rings. The third-order valence-corrected chi connectivity index (χ3v) is 5.24. The van der Waals surface area contributed by atoms with E-state index in [9.17, 15) is 8.42 Å². The minimum absolute atomic E-state index is 0.0561. The van der Waals surface area contributed by atoms with E-state index in [0.29, 0.717) is 18.1 Å². The van der Waals surface area contributed by atoms with Crippen molar-refractivity contribution in [3.8, 4) is 11.3 Å². The van der Waals surface area contributed by atoms with Crippen molar-refractivity contribution in [1.82, 2.24) is 9.88 Å².